The Labute approximate surface area is 293 Å². The summed E-state index contributed by atoms with van der Waals surface area (Å²) in [6.45, 7) is 0. The molecule has 4 nitrogen and oxygen atoms in total. The predicted octanol–water partition coefficient (Wildman–Crippen LogP) is 12.4. The molecule has 0 amide bonds. The van der Waals surface area contributed by atoms with E-state index in [1.54, 1.807) is 0 Å². The molecule has 0 aliphatic heterocycles. The van der Waals surface area contributed by atoms with Gasteiger partial charge in [-0.25, -0.2) is 15.0 Å². The van der Waals surface area contributed by atoms with Crippen molar-refractivity contribution in [3.05, 3.63) is 164 Å². The van der Waals surface area contributed by atoms with Crippen molar-refractivity contribution in [2.45, 2.75) is 0 Å². The maximum atomic E-state index is 6.71. The highest BCUT2D eigenvalue weighted by atomic mass is 16.3. The molecule has 0 saturated heterocycles. The quantitative estimate of drug-likeness (QED) is 0.190. The molecule has 236 valence electrons. The molecular formula is C47H27N3O. The normalized spacial score (nSPS) is 11.9. The summed E-state index contributed by atoms with van der Waals surface area (Å²) < 4.78 is 6.71. The third-order valence-corrected chi connectivity index (χ3v) is 10.3. The molecule has 51 heavy (non-hydrogen) atoms. The minimum atomic E-state index is 0.607. The lowest BCUT2D eigenvalue weighted by atomic mass is 9.97. The van der Waals surface area contributed by atoms with Gasteiger partial charge in [0.25, 0.3) is 0 Å². The number of furan rings is 1. The summed E-state index contributed by atoms with van der Waals surface area (Å²) >= 11 is 0. The Morgan fingerprint density at radius 1 is 0.333 bits per heavy atom. The first-order chi connectivity index (χ1) is 25.3. The minimum absolute atomic E-state index is 0.607. The smallest absolute Gasteiger partial charge is 0.164 e. The first-order valence-electron chi connectivity index (χ1n) is 17.2. The molecule has 2 heterocycles. The Morgan fingerprint density at radius 2 is 0.902 bits per heavy atom. The average molecular weight is 650 g/mol. The second kappa shape index (κ2) is 10.8. The van der Waals surface area contributed by atoms with Gasteiger partial charge in [0.15, 0.2) is 17.5 Å². The van der Waals surface area contributed by atoms with Crippen molar-refractivity contribution in [3.63, 3.8) is 0 Å². The number of benzene rings is 8. The Kier molecular flexibility index (Phi) is 5.92. The van der Waals surface area contributed by atoms with E-state index in [1.165, 1.54) is 44.0 Å². The molecule has 10 aromatic rings. The largest absolute Gasteiger partial charge is 0.455 e. The Hall–Kier alpha value is -6.91. The van der Waals surface area contributed by atoms with Gasteiger partial charge in [0, 0.05) is 38.2 Å². The second-order valence-corrected chi connectivity index (χ2v) is 13.1. The molecule has 11 rings (SSSR count). The van der Waals surface area contributed by atoms with E-state index in [1.807, 2.05) is 42.5 Å². The van der Waals surface area contributed by atoms with Crippen molar-refractivity contribution in [1.82, 2.24) is 15.0 Å². The molecule has 0 unspecified atom stereocenters. The van der Waals surface area contributed by atoms with Crippen LogP contribution in [0, 0.1) is 0 Å². The van der Waals surface area contributed by atoms with Crippen molar-refractivity contribution in [3.8, 4) is 67.5 Å². The van der Waals surface area contributed by atoms with Crippen LogP contribution in [-0.4, -0.2) is 15.0 Å². The molecule has 8 aromatic carbocycles. The summed E-state index contributed by atoms with van der Waals surface area (Å²) in [5, 5.41) is 6.87. The number of hydrogen-bond acceptors (Lipinski definition) is 4. The lowest BCUT2D eigenvalue weighted by Crippen LogP contribution is -2.00. The molecule has 1 aliphatic rings. The van der Waals surface area contributed by atoms with Gasteiger partial charge in [-0.3, -0.25) is 0 Å². The summed E-state index contributed by atoms with van der Waals surface area (Å²) in [4.78, 5) is 15.3. The Morgan fingerprint density at radius 3 is 1.75 bits per heavy atom. The zero-order valence-electron chi connectivity index (χ0n) is 27.3. The summed E-state index contributed by atoms with van der Waals surface area (Å²) in [5.41, 5.74) is 11.8. The molecule has 0 fully saturated rings. The first kappa shape index (κ1) is 28.0. The molecule has 0 bridgehead atoms. The lowest BCUT2D eigenvalue weighted by molar-refractivity contribution is 0.673. The zero-order valence-corrected chi connectivity index (χ0v) is 27.3. The zero-order chi connectivity index (χ0) is 33.5. The molecule has 1 aliphatic carbocycles. The fraction of sp³-hybridized carbons (Fsp3) is 0. The van der Waals surface area contributed by atoms with Gasteiger partial charge in [-0.2, -0.15) is 0 Å². The summed E-state index contributed by atoms with van der Waals surface area (Å²) in [6, 6.07) is 57.3. The van der Waals surface area contributed by atoms with Gasteiger partial charge < -0.3 is 4.42 Å². The van der Waals surface area contributed by atoms with E-state index >= 15 is 0 Å². The highest BCUT2D eigenvalue weighted by molar-refractivity contribution is 6.27. The molecular weight excluding hydrogens is 623 g/mol. The number of aromatic nitrogens is 3. The summed E-state index contributed by atoms with van der Waals surface area (Å²) in [5.74, 6) is 1.85. The standard InChI is InChI=1S/C47H27N3O/c1-2-12-30(13-3-1)45-48-46(31-25-23-29(24-26-31)33-18-8-14-28-11-4-5-15-32(28)33)50-47(49-45)38-21-10-22-41-43(38)40-27-39-35-17-7-6-16-34(35)36-19-9-20-37(42(36)39)44(40)51-41/h1-27H. The van der Waals surface area contributed by atoms with Crippen LogP contribution in [0.3, 0.4) is 0 Å². The van der Waals surface area contributed by atoms with Crippen LogP contribution in [0.25, 0.3) is 111 Å². The van der Waals surface area contributed by atoms with Gasteiger partial charge in [-0.05, 0) is 56.3 Å². The predicted molar refractivity (Wildman–Crippen MR) is 208 cm³/mol. The van der Waals surface area contributed by atoms with E-state index in [9.17, 15) is 0 Å². The van der Waals surface area contributed by atoms with Crippen molar-refractivity contribution >= 4 is 43.5 Å². The van der Waals surface area contributed by atoms with Crippen LogP contribution in [0.5, 0.6) is 0 Å². The maximum absolute atomic E-state index is 6.71. The van der Waals surface area contributed by atoms with Gasteiger partial charge in [-0.1, -0.05) is 152 Å². The van der Waals surface area contributed by atoms with Crippen LogP contribution in [0.15, 0.2) is 168 Å². The highest BCUT2D eigenvalue weighted by Gasteiger charge is 2.26. The topological polar surface area (TPSA) is 51.8 Å². The average Bonchev–Trinajstić information content (AvgIpc) is 3.75. The molecule has 4 heteroatoms. The molecule has 0 spiro atoms. The van der Waals surface area contributed by atoms with Crippen LogP contribution >= 0.6 is 0 Å². The van der Waals surface area contributed by atoms with E-state index in [0.29, 0.717) is 17.5 Å². The van der Waals surface area contributed by atoms with Crippen LogP contribution in [0.2, 0.25) is 0 Å². The minimum Gasteiger partial charge on any atom is -0.455 e. The van der Waals surface area contributed by atoms with Crippen molar-refractivity contribution in [2.24, 2.45) is 0 Å². The maximum Gasteiger partial charge on any atom is 0.164 e. The first-order valence-corrected chi connectivity index (χ1v) is 17.2. The Balaban J connectivity index is 1.12. The Bertz CT molecular complexity index is 3010. The van der Waals surface area contributed by atoms with Crippen molar-refractivity contribution < 1.29 is 4.42 Å². The number of fused-ring (bicyclic) bond motifs is 8. The third kappa shape index (κ3) is 4.23. The van der Waals surface area contributed by atoms with Crippen molar-refractivity contribution in [2.75, 3.05) is 0 Å². The fourth-order valence-corrected chi connectivity index (χ4v) is 7.95. The van der Waals surface area contributed by atoms with Gasteiger partial charge in [0.2, 0.25) is 0 Å². The highest BCUT2D eigenvalue weighted by Crippen LogP contribution is 2.51. The number of rotatable bonds is 4. The molecule has 0 radical (unpaired) electrons. The summed E-state index contributed by atoms with van der Waals surface area (Å²) in [7, 11) is 0. The second-order valence-electron chi connectivity index (χ2n) is 13.1. The molecule has 0 saturated carbocycles. The van der Waals surface area contributed by atoms with E-state index in [4.69, 9.17) is 19.4 Å². The van der Waals surface area contributed by atoms with Crippen LogP contribution in [0.1, 0.15) is 0 Å². The molecule has 0 atom stereocenters. The fourth-order valence-electron chi connectivity index (χ4n) is 7.95. The van der Waals surface area contributed by atoms with Crippen molar-refractivity contribution in [1.29, 1.82) is 0 Å². The van der Waals surface area contributed by atoms with E-state index in [2.05, 4.69) is 121 Å². The van der Waals surface area contributed by atoms with Gasteiger partial charge in [0.1, 0.15) is 11.2 Å². The van der Waals surface area contributed by atoms with Crippen LogP contribution in [-0.2, 0) is 0 Å². The van der Waals surface area contributed by atoms with Crippen LogP contribution in [0.4, 0.5) is 0 Å². The van der Waals surface area contributed by atoms with Gasteiger partial charge in [0.05, 0.1) is 0 Å². The van der Waals surface area contributed by atoms with Gasteiger partial charge >= 0.3 is 0 Å². The van der Waals surface area contributed by atoms with Crippen LogP contribution < -0.4 is 0 Å². The number of hydrogen-bond donors (Lipinski definition) is 0. The number of nitrogens with zero attached hydrogens (tertiary/aromatic N) is 3. The summed E-state index contributed by atoms with van der Waals surface area (Å²) in [6.07, 6.45) is 0. The molecule has 2 aromatic heterocycles. The van der Waals surface area contributed by atoms with E-state index in [-0.39, 0.29) is 0 Å². The monoisotopic (exact) mass is 649 g/mol. The third-order valence-electron chi connectivity index (χ3n) is 10.3. The molecule has 0 N–H and O–H groups in total. The van der Waals surface area contributed by atoms with Gasteiger partial charge in [-0.15, -0.1) is 0 Å². The SMILES string of the molecule is c1ccc(-c2nc(-c3ccc(-c4cccc5ccccc45)cc3)nc(-c3cccc4oc5c6cccc7c6c(cc5c34)-c3ccccc3-7)n2)cc1. The van der Waals surface area contributed by atoms with E-state index in [0.717, 1.165) is 49.6 Å². The lowest BCUT2D eigenvalue weighted by Gasteiger charge is -2.11. The van der Waals surface area contributed by atoms with E-state index < -0.39 is 0 Å².